The van der Waals surface area contributed by atoms with Crippen LogP contribution in [0.4, 0.5) is 0 Å². The number of nitrogens with zero attached hydrogens (tertiary/aromatic N) is 2. The number of nitrogens with one attached hydrogen (secondary N) is 1. The second-order valence-electron chi connectivity index (χ2n) is 7.12. The van der Waals surface area contributed by atoms with Gasteiger partial charge in [0.15, 0.2) is 5.96 Å². The van der Waals surface area contributed by atoms with Crippen molar-refractivity contribution in [2.75, 3.05) is 33.4 Å². The first-order chi connectivity index (χ1) is 12.7. The maximum Gasteiger partial charge on any atom is 0.194 e. The van der Waals surface area contributed by atoms with Crippen molar-refractivity contribution in [3.63, 3.8) is 0 Å². The molecule has 2 aliphatic heterocycles. The molecule has 2 fully saturated rings. The van der Waals surface area contributed by atoms with Crippen LogP contribution in [0.2, 0.25) is 0 Å². The lowest BCUT2D eigenvalue weighted by Gasteiger charge is -2.37. The first kappa shape index (κ1) is 19.0. The first-order valence-electron chi connectivity index (χ1n) is 9.60. The largest absolute Gasteiger partial charge is 0.491 e. The van der Waals surface area contributed by atoms with Crippen LogP contribution in [0, 0.1) is 0 Å². The molecule has 2 unspecified atom stereocenters. The summed E-state index contributed by atoms with van der Waals surface area (Å²) in [4.78, 5) is 6.73. The molecule has 1 aromatic rings. The van der Waals surface area contributed by atoms with Crippen LogP contribution in [-0.4, -0.2) is 62.5 Å². The van der Waals surface area contributed by atoms with Crippen molar-refractivity contribution in [3.05, 3.63) is 29.8 Å². The minimum absolute atomic E-state index is 0.136. The third kappa shape index (κ3) is 5.11. The van der Waals surface area contributed by atoms with Gasteiger partial charge in [-0.15, -0.1) is 0 Å². The molecule has 0 amide bonds. The summed E-state index contributed by atoms with van der Waals surface area (Å²) in [7, 11) is 1.83. The van der Waals surface area contributed by atoms with Gasteiger partial charge in [0.1, 0.15) is 11.9 Å². The second-order valence-corrected chi connectivity index (χ2v) is 7.12. The van der Waals surface area contributed by atoms with E-state index in [0.717, 1.165) is 50.8 Å². The van der Waals surface area contributed by atoms with Crippen LogP contribution in [0.25, 0.3) is 0 Å². The van der Waals surface area contributed by atoms with Gasteiger partial charge in [-0.25, -0.2) is 0 Å². The number of morpholine rings is 1. The minimum atomic E-state index is 0.136. The highest BCUT2D eigenvalue weighted by Crippen LogP contribution is 2.21. The standard InChI is InChI=1S/C20H31N3O3/c1-15(2)26-17-8-6-16(7-9-17)13-22-20(21-3)23-10-12-25-19(14-23)18-5-4-11-24-18/h6-9,15,18-19H,4-5,10-14H2,1-3H3,(H,21,22). The molecule has 2 atom stereocenters. The molecule has 0 aromatic heterocycles. The molecule has 3 rings (SSSR count). The van der Waals surface area contributed by atoms with E-state index < -0.39 is 0 Å². The van der Waals surface area contributed by atoms with Gasteiger partial charge in [0.2, 0.25) is 0 Å². The van der Waals surface area contributed by atoms with Crippen molar-refractivity contribution in [1.29, 1.82) is 0 Å². The number of aliphatic imine (C=N–C) groups is 1. The Balaban J connectivity index is 1.52. The van der Waals surface area contributed by atoms with E-state index in [4.69, 9.17) is 14.2 Å². The van der Waals surface area contributed by atoms with Gasteiger partial charge in [-0.2, -0.15) is 0 Å². The van der Waals surface area contributed by atoms with Crippen LogP contribution in [0.5, 0.6) is 5.75 Å². The van der Waals surface area contributed by atoms with Crippen molar-refractivity contribution >= 4 is 5.96 Å². The fourth-order valence-corrected chi connectivity index (χ4v) is 3.46. The normalized spacial score (nSPS) is 24.2. The molecule has 0 aliphatic carbocycles. The number of hydrogen-bond donors (Lipinski definition) is 1. The van der Waals surface area contributed by atoms with E-state index in [1.807, 2.05) is 33.0 Å². The molecule has 2 aliphatic rings. The molecule has 0 radical (unpaired) electrons. The molecule has 144 valence electrons. The molecule has 1 N–H and O–H groups in total. The third-order valence-electron chi connectivity index (χ3n) is 4.73. The van der Waals surface area contributed by atoms with Crippen molar-refractivity contribution < 1.29 is 14.2 Å². The second kappa shape index (κ2) is 9.24. The van der Waals surface area contributed by atoms with Crippen LogP contribution in [0.15, 0.2) is 29.3 Å². The Labute approximate surface area is 156 Å². The van der Waals surface area contributed by atoms with Gasteiger partial charge in [-0.1, -0.05) is 12.1 Å². The Hall–Kier alpha value is -1.79. The van der Waals surface area contributed by atoms with Crippen molar-refractivity contribution in [2.24, 2.45) is 4.99 Å². The van der Waals surface area contributed by atoms with Gasteiger partial charge >= 0.3 is 0 Å². The number of benzene rings is 1. The SMILES string of the molecule is CN=C(NCc1ccc(OC(C)C)cc1)N1CCOC(C2CCCO2)C1. The summed E-state index contributed by atoms with van der Waals surface area (Å²) in [6, 6.07) is 8.21. The van der Waals surface area contributed by atoms with Gasteiger partial charge in [0.05, 0.1) is 18.8 Å². The van der Waals surface area contributed by atoms with E-state index in [2.05, 4.69) is 27.3 Å². The maximum atomic E-state index is 5.93. The zero-order chi connectivity index (χ0) is 18.4. The maximum absolute atomic E-state index is 5.93. The molecule has 0 spiro atoms. The van der Waals surface area contributed by atoms with E-state index in [9.17, 15) is 0 Å². The predicted octanol–water partition coefficient (Wildman–Crippen LogP) is 2.43. The topological polar surface area (TPSA) is 55.3 Å². The van der Waals surface area contributed by atoms with E-state index in [0.29, 0.717) is 6.61 Å². The highest BCUT2D eigenvalue weighted by molar-refractivity contribution is 5.80. The van der Waals surface area contributed by atoms with Gasteiger partial charge in [-0.3, -0.25) is 4.99 Å². The van der Waals surface area contributed by atoms with E-state index >= 15 is 0 Å². The van der Waals surface area contributed by atoms with Gasteiger partial charge in [-0.05, 0) is 44.4 Å². The van der Waals surface area contributed by atoms with Crippen LogP contribution in [0.3, 0.4) is 0 Å². The summed E-state index contributed by atoms with van der Waals surface area (Å²) in [6.45, 7) is 8.05. The molecular weight excluding hydrogens is 330 g/mol. The summed E-state index contributed by atoms with van der Waals surface area (Å²) in [5, 5.41) is 3.47. The molecule has 0 bridgehead atoms. The molecule has 2 heterocycles. The number of ether oxygens (including phenoxy) is 3. The lowest BCUT2D eigenvalue weighted by Crippen LogP contribution is -2.53. The molecule has 6 nitrogen and oxygen atoms in total. The zero-order valence-corrected chi connectivity index (χ0v) is 16.1. The third-order valence-corrected chi connectivity index (χ3v) is 4.73. The van der Waals surface area contributed by atoms with Gasteiger partial charge in [0.25, 0.3) is 0 Å². The Morgan fingerprint density at radius 3 is 2.65 bits per heavy atom. The molecule has 1 aromatic carbocycles. The van der Waals surface area contributed by atoms with E-state index in [1.165, 1.54) is 5.56 Å². The fourth-order valence-electron chi connectivity index (χ4n) is 3.46. The fraction of sp³-hybridized carbons (Fsp3) is 0.650. The lowest BCUT2D eigenvalue weighted by molar-refractivity contribution is -0.0817. The predicted molar refractivity (Wildman–Crippen MR) is 103 cm³/mol. The van der Waals surface area contributed by atoms with Crippen molar-refractivity contribution in [1.82, 2.24) is 10.2 Å². The average molecular weight is 361 g/mol. The van der Waals surface area contributed by atoms with Crippen LogP contribution >= 0.6 is 0 Å². The molecular formula is C20H31N3O3. The van der Waals surface area contributed by atoms with Gasteiger partial charge < -0.3 is 24.4 Å². The smallest absolute Gasteiger partial charge is 0.194 e. The number of rotatable bonds is 5. The van der Waals surface area contributed by atoms with Crippen molar-refractivity contribution in [2.45, 2.75) is 51.5 Å². The Bertz CT molecular complexity index is 582. The first-order valence-corrected chi connectivity index (χ1v) is 9.60. The Kier molecular flexibility index (Phi) is 6.74. The Morgan fingerprint density at radius 1 is 1.23 bits per heavy atom. The summed E-state index contributed by atoms with van der Waals surface area (Å²) in [5.41, 5.74) is 1.20. The monoisotopic (exact) mass is 361 g/mol. The van der Waals surface area contributed by atoms with E-state index in [-0.39, 0.29) is 18.3 Å². The van der Waals surface area contributed by atoms with Crippen LogP contribution in [0.1, 0.15) is 32.3 Å². The molecule has 6 heteroatoms. The summed E-state index contributed by atoms with van der Waals surface area (Å²) in [5.74, 6) is 1.82. The number of guanidine groups is 1. The highest BCUT2D eigenvalue weighted by atomic mass is 16.5. The number of hydrogen-bond acceptors (Lipinski definition) is 4. The molecule has 0 saturated carbocycles. The Morgan fingerprint density at radius 2 is 2.00 bits per heavy atom. The zero-order valence-electron chi connectivity index (χ0n) is 16.1. The average Bonchev–Trinajstić information content (AvgIpc) is 3.18. The summed E-state index contributed by atoms with van der Waals surface area (Å²) < 4.78 is 17.4. The quantitative estimate of drug-likeness (QED) is 0.645. The van der Waals surface area contributed by atoms with Crippen molar-refractivity contribution in [3.8, 4) is 5.75 Å². The van der Waals surface area contributed by atoms with Gasteiger partial charge in [0, 0.05) is 33.3 Å². The van der Waals surface area contributed by atoms with Crippen LogP contribution in [-0.2, 0) is 16.0 Å². The summed E-state index contributed by atoms with van der Waals surface area (Å²) in [6.07, 6.45) is 2.78. The lowest BCUT2D eigenvalue weighted by atomic mass is 10.1. The summed E-state index contributed by atoms with van der Waals surface area (Å²) >= 11 is 0. The van der Waals surface area contributed by atoms with E-state index in [1.54, 1.807) is 0 Å². The van der Waals surface area contributed by atoms with Crippen LogP contribution < -0.4 is 10.1 Å². The highest BCUT2D eigenvalue weighted by Gasteiger charge is 2.32. The molecule has 2 saturated heterocycles. The minimum Gasteiger partial charge on any atom is -0.491 e. The molecule has 26 heavy (non-hydrogen) atoms.